The van der Waals surface area contributed by atoms with Gasteiger partial charge in [-0.2, -0.15) is 4.52 Å². The second-order valence-corrected chi connectivity index (χ2v) is 8.14. The number of rotatable bonds is 5. The Kier molecular flexibility index (Phi) is 4.68. The summed E-state index contributed by atoms with van der Waals surface area (Å²) >= 11 is 0. The van der Waals surface area contributed by atoms with Crippen LogP contribution in [0.4, 0.5) is 5.82 Å². The number of hydrogen-bond donors (Lipinski definition) is 1. The molecule has 0 unspecified atom stereocenters. The van der Waals surface area contributed by atoms with Gasteiger partial charge in [-0.15, -0.1) is 15.3 Å². The Hall–Kier alpha value is -2.70. The Morgan fingerprint density at radius 2 is 1.96 bits per heavy atom. The van der Waals surface area contributed by atoms with Gasteiger partial charge < -0.3 is 10.1 Å². The fourth-order valence-electron chi connectivity index (χ4n) is 3.35. The van der Waals surface area contributed by atoms with Gasteiger partial charge in [0.2, 0.25) is 5.88 Å². The first-order chi connectivity index (χ1) is 13.0. The maximum Gasteiger partial charge on any atom is 0.213 e. The number of fused-ring (bicyclic) bond motifs is 1. The lowest BCUT2D eigenvalue weighted by Crippen LogP contribution is -2.17. The minimum atomic E-state index is -0.122. The Morgan fingerprint density at radius 1 is 1.15 bits per heavy atom. The molecule has 0 spiro atoms. The standard InChI is InChI=1S/C20H26N6O/c1-20(2,3)19-24-23-17-9-8-16(25-26(17)19)22-13-14-10-11-21-18(12-14)27-15-6-4-5-7-15/h8-12,15H,4-7,13H2,1-3H3,(H,22,25). The summed E-state index contributed by atoms with van der Waals surface area (Å²) in [6.45, 7) is 6.96. The fourth-order valence-corrected chi connectivity index (χ4v) is 3.35. The Bertz CT molecular complexity index is 924. The van der Waals surface area contributed by atoms with E-state index in [0.29, 0.717) is 18.5 Å². The third-order valence-corrected chi connectivity index (χ3v) is 4.80. The molecule has 3 aromatic rings. The average molecular weight is 366 g/mol. The molecule has 3 aromatic heterocycles. The second-order valence-electron chi connectivity index (χ2n) is 8.14. The van der Waals surface area contributed by atoms with Crippen LogP contribution in [-0.2, 0) is 12.0 Å². The van der Waals surface area contributed by atoms with Crippen molar-refractivity contribution in [1.82, 2.24) is 24.8 Å². The van der Waals surface area contributed by atoms with Crippen LogP contribution in [0, 0.1) is 0 Å². The van der Waals surface area contributed by atoms with Crippen LogP contribution < -0.4 is 10.1 Å². The summed E-state index contributed by atoms with van der Waals surface area (Å²) in [7, 11) is 0. The van der Waals surface area contributed by atoms with Gasteiger partial charge in [0.05, 0.1) is 0 Å². The van der Waals surface area contributed by atoms with Crippen molar-refractivity contribution in [3.05, 3.63) is 41.9 Å². The molecular weight excluding hydrogens is 340 g/mol. The Morgan fingerprint density at radius 3 is 2.74 bits per heavy atom. The summed E-state index contributed by atoms with van der Waals surface area (Å²) in [4.78, 5) is 4.34. The summed E-state index contributed by atoms with van der Waals surface area (Å²) in [6.07, 6.45) is 6.87. The maximum atomic E-state index is 5.99. The van der Waals surface area contributed by atoms with E-state index in [4.69, 9.17) is 4.74 Å². The van der Waals surface area contributed by atoms with E-state index in [1.165, 1.54) is 12.8 Å². The normalized spacial score (nSPS) is 15.4. The van der Waals surface area contributed by atoms with Crippen LogP contribution >= 0.6 is 0 Å². The van der Waals surface area contributed by atoms with E-state index < -0.39 is 0 Å². The van der Waals surface area contributed by atoms with Gasteiger partial charge in [-0.05, 0) is 49.4 Å². The highest BCUT2D eigenvalue weighted by atomic mass is 16.5. The lowest BCUT2D eigenvalue weighted by atomic mass is 9.96. The first-order valence-corrected chi connectivity index (χ1v) is 9.57. The molecule has 0 aliphatic heterocycles. The SMILES string of the molecule is CC(C)(C)c1nnc2ccc(NCc3ccnc(OC4CCCC4)c3)nn12. The molecule has 1 aliphatic carbocycles. The topological polar surface area (TPSA) is 77.2 Å². The lowest BCUT2D eigenvalue weighted by molar-refractivity contribution is 0.201. The zero-order valence-corrected chi connectivity index (χ0v) is 16.1. The molecule has 0 bridgehead atoms. The van der Waals surface area contributed by atoms with Crippen LogP contribution in [0.3, 0.4) is 0 Å². The fraction of sp³-hybridized carbons (Fsp3) is 0.500. The zero-order valence-electron chi connectivity index (χ0n) is 16.1. The maximum absolute atomic E-state index is 5.99. The highest BCUT2D eigenvalue weighted by Crippen LogP contribution is 2.24. The van der Waals surface area contributed by atoms with Gasteiger partial charge >= 0.3 is 0 Å². The molecular formula is C20H26N6O. The molecule has 0 atom stereocenters. The summed E-state index contributed by atoms with van der Waals surface area (Å²) in [5, 5.41) is 16.5. The van der Waals surface area contributed by atoms with E-state index in [-0.39, 0.29) is 5.41 Å². The van der Waals surface area contributed by atoms with Crippen molar-refractivity contribution >= 4 is 11.5 Å². The van der Waals surface area contributed by atoms with Crippen molar-refractivity contribution < 1.29 is 4.74 Å². The summed E-state index contributed by atoms with van der Waals surface area (Å²) in [5.74, 6) is 2.33. The number of anilines is 1. The number of hydrogen-bond acceptors (Lipinski definition) is 6. The van der Waals surface area contributed by atoms with Crippen molar-refractivity contribution in [2.24, 2.45) is 0 Å². The van der Waals surface area contributed by atoms with E-state index >= 15 is 0 Å². The predicted octanol–water partition coefficient (Wildman–Crippen LogP) is 3.75. The van der Waals surface area contributed by atoms with Crippen molar-refractivity contribution in [3.63, 3.8) is 0 Å². The Balaban J connectivity index is 1.47. The molecule has 0 aromatic carbocycles. The van der Waals surface area contributed by atoms with E-state index in [1.54, 1.807) is 6.20 Å². The molecule has 1 saturated carbocycles. The molecule has 1 aliphatic rings. The third-order valence-electron chi connectivity index (χ3n) is 4.80. The van der Waals surface area contributed by atoms with Crippen LogP contribution in [0.15, 0.2) is 30.5 Å². The second kappa shape index (κ2) is 7.13. The number of ether oxygens (including phenoxy) is 1. The summed E-state index contributed by atoms with van der Waals surface area (Å²) < 4.78 is 7.80. The van der Waals surface area contributed by atoms with Gasteiger partial charge in [0.25, 0.3) is 0 Å². The summed E-state index contributed by atoms with van der Waals surface area (Å²) in [6, 6.07) is 7.85. The largest absolute Gasteiger partial charge is 0.474 e. The Labute approximate surface area is 159 Å². The first-order valence-electron chi connectivity index (χ1n) is 9.57. The van der Waals surface area contributed by atoms with Gasteiger partial charge in [0, 0.05) is 24.2 Å². The number of pyridine rings is 1. The minimum absolute atomic E-state index is 0.122. The van der Waals surface area contributed by atoms with E-state index in [9.17, 15) is 0 Å². The van der Waals surface area contributed by atoms with Crippen LogP contribution in [0.1, 0.15) is 57.8 Å². The predicted molar refractivity (Wildman–Crippen MR) is 104 cm³/mol. The van der Waals surface area contributed by atoms with Gasteiger partial charge in [-0.25, -0.2) is 4.98 Å². The molecule has 0 radical (unpaired) electrons. The average Bonchev–Trinajstić information content (AvgIpc) is 3.29. The van der Waals surface area contributed by atoms with E-state index in [1.807, 2.05) is 28.8 Å². The van der Waals surface area contributed by atoms with Gasteiger partial charge in [-0.3, -0.25) is 0 Å². The van der Waals surface area contributed by atoms with Crippen molar-refractivity contribution in [2.75, 3.05) is 5.32 Å². The lowest BCUT2D eigenvalue weighted by Gasteiger charge is -2.15. The number of aromatic nitrogens is 5. The molecule has 7 heteroatoms. The van der Waals surface area contributed by atoms with Crippen LogP contribution in [0.5, 0.6) is 5.88 Å². The number of nitrogens with one attached hydrogen (secondary N) is 1. The molecule has 27 heavy (non-hydrogen) atoms. The molecule has 1 N–H and O–H groups in total. The summed E-state index contributed by atoms with van der Waals surface area (Å²) in [5.41, 5.74) is 1.74. The van der Waals surface area contributed by atoms with Gasteiger partial charge in [-0.1, -0.05) is 20.8 Å². The van der Waals surface area contributed by atoms with Crippen molar-refractivity contribution in [3.8, 4) is 5.88 Å². The molecule has 4 rings (SSSR count). The van der Waals surface area contributed by atoms with Crippen LogP contribution in [0.25, 0.3) is 5.65 Å². The van der Waals surface area contributed by atoms with Crippen LogP contribution in [0.2, 0.25) is 0 Å². The molecule has 1 fully saturated rings. The van der Waals surface area contributed by atoms with E-state index in [2.05, 4.69) is 46.4 Å². The quantitative estimate of drug-likeness (QED) is 0.741. The highest BCUT2D eigenvalue weighted by molar-refractivity contribution is 5.45. The first kappa shape index (κ1) is 17.7. The van der Waals surface area contributed by atoms with Gasteiger partial charge in [0.1, 0.15) is 11.9 Å². The minimum Gasteiger partial charge on any atom is -0.474 e. The molecule has 0 amide bonds. The molecule has 3 heterocycles. The van der Waals surface area contributed by atoms with E-state index in [0.717, 1.165) is 35.7 Å². The van der Waals surface area contributed by atoms with Crippen molar-refractivity contribution in [1.29, 1.82) is 0 Å². The molecule has 7 nitrogen and oxygen atoms in total. The monoisotopic (exact) mass is 366 g/mol. The highest BCUT2D eigenvalue weighted by Gasteiger charge is 2.22. The molecule has 142 valence electrons. The van der Waals surface area contributed by atoms with Crippen molar-refractivity contribution in [2.45, 2.75) is 64.5 Å². The van der Waals surface area contributed by atoms with Crippen LogP contribution in [-0.4, -0.2) is 30.9 Å². The zero-order chi connectivity index (χ0) is 18.9. The number of nitrogens with zero attached hydrogens (tertiary/aromatic N) is 5. The van der Waals surface area contributed by atoms with Gasteiger partial charge in [0.15, 0.2) is 11.5 Å². The smallest absolute Gasteiger partial charge is 0.213 e. The third kappa shape index (κ3) is 4.02. The molecule has 0 saturated heterocycles.